The van der Waals surface area contributed by atoms with Crippen molar-refractivity contribution in [1.29, 1.82) is 0 Å². The van der Waals surface area contributed by atoms with E-state index in [1.807, 2.05) is 13.8 Å². The largest absolute Gasteiger partial charge is 0.291 e. The van der Waals surface area contributed by atoms with Crippen LogP contribution in [-0.2, 0) is 0 Å². The van der Waals surface area contributed by atoms with Gasteiger partial charge in [0, 0.05) is 11.1 Å². The Morgan fingerprint density at radius 2 is 1.36 bits per heavy atom. The molecule has 0 nitrogen and oxygen atoms in total. The fourth-order valence-electron chi connectivity index (χ4n) is 1.45. The summed E-state index contributed by atoms with van der Waals surface area (Å²) in [4.78, 5) is 0. The van der Waals surface area contributed by atoms with Crippen LogP contribution in [0, 0.1) is 0 Å². The van der Waals surface area contributed by atoms with Crippen molar-refractivity contribution in [2.45, 2.75) is 45.5 Å². The first-order valence-corrected chi connectivity index (χ1v) is 4.25. The van der Waals surface area contributed by atoms with Crippen LogP contribution in [0.4, 0.5) is 8.78 Å². The molecule has 0 aromatic rings. The van der Waals surface area contributed by atoms with Gasteiger partial charge in [-0.05, 0) is 12.8 Å². The van der Waals surface area contributed by atoms with E-state index >= 15 is 0 Å². The Hall–Kier alpha value is -0.400. The molecular formula is C9H14F2. The molecule has 0 fully saturated rings. The predicted octanol–water partition coefficient (Wildman–Crippen LogP) is 3.53. The lowest BCUT2D eigenvalue weighted by atomic mass is 10.2. The van der Waals surface area contributed by atoms with Gasteiger partial charge >= 0.3 is 0 Å². The van der Waals surface area contributed by atoms with Crippen LogP contribution in [0.1, 0.15) is 39.5 Å². The third-order valence-corrected chi connectivity index (χ3v) is 2.06. The van der Waals surface area contributed by atoms with Crippen molar-refractivity contribution in [3.63, 3.8) is 0 Å². The summed E-state index contributed by atoms with van der Waals surface area (Å²) in [6, 6.07) is 0. The average molecular weight is 160 g/mol. The molecule has 1 aliphatic rings. The summed E-state index contributed by atoms with van der Waals surface area (Å²) in [5.41, 5.74) is 0.837. The SMILES string of the molecule is CCCC1=C(CCC)C1(F)F. The molecule has 11 heavy (non-hydrogen) atoms. The van der Waals surface area contributed by atoms with Crippen molar-refractivity contribution < 1.29 is 8.78 Å². The summed E-state index contributed by atoms with van der Waals surface area (Å²) in [5.74, 6) is -2.48. The van der Waals surface area contributed by atoms with Crippen LogP contribution in [0.3, 0.4) is 0 Å². The quantitative estimate of drug-likeness (QED) is 0.552. The van der Waals surface area contributed by atoms with Gasteiger partial charge in [0.15, 0.2) is 0 Å². The summed E-state index contributed by atoms with van der Waals surface area (Å²) in [7, 11) is 0. The van der Waals surface area contributed by atoms with Gasteiger partial charge in [0.25, 0.3) is 5.92 Å². The number of halogens is 2. The molecule has 0 atom stereocenters. The molecule has 64 valence electrons. The molecule has 0 aliphatic heterocycles. The molecule has 0 aromatic heterocycles. The van der Waals surface area contributed by atoms with E-state index in [2.05, 4.69) is 0 Å². The molecule has 0 unspecified atom stereocenters. The lowest BCUT2D eigenvalue weighted by Crippen LogP contribution is -1.97. The van der Waals surface area contributed by atoms with Crippen LogP contribution in [0.5, 0.6) is 0 Å². The minimum Gasteiger partial charge on any atom is -0.197 e. The molecule has 0 bridgehead atoms. The second-order valence-corrected chi connectivity index (χ2v) is 3.03. The van der Waals surface area contributed by atoms with E-state index in [4.69, 9.17) is 0 Å². The maximum absolute atomic E-state index is 12.8. The van der Waals surface area contributed by atoms with Gasteiger partial charge in [0.1, 0.15) is 0 Å². The number of rotatable bonds is 4. The Morgan fingerprint density at radius 1 is 1.00 bits per heavy atom. The fraction of sp³-hybridized carbons (Fsp3) is 0.778. The third-order valence-electron chi connectivity index (χ3n) is 2.06. The van der Waals surface area contributed by atoms with Crippen molar-refractivity contribution in [2.75, 3.05) is 0 Å². The van der Waals surface area contributed by atoms with Crippen molar-refractivity contribution in [3.8, 4) is 0 Å². The van der Waals surface area contributed by atoms with Crippen molar-refractivity contribution in [3.05, 3.63) is 11.1 Å². The molecule has 1 rings (SSSR count). The maximum atomic E-state index is 12.8. The number of allylic oxidation sites excluding steroid dienone is 2. The monoisotopic (exact) mass is 160 g/mol. The molecular weight excluding hydrogens is 146 g/mol. The summed E-state index contributed by atoms with van der Waals surface area (Å²) in [6.45, 7) is 3.87. The number of hydrogen-bond donors (Lipinski definition) is 0. The standard InChI is InChI=1S/C9H14F2/c1-3-5-7-8(6-4-2)9(7,10)11/h3-6H2,1-2H3. The molecule has 0 saturated heterocycles. The molecule has 0 N–H and O–H groups in total. The molecule has 2 heteroatoms. The van der Waals surface area contributed by atoms with Gasteiger partial charge in [0.2, 0.25) is 0 Å². The fourth-order valence-corrected chi connectivity index (χ4v) is 1.45. The first-order chi connectivity index (χ1) is 5.14. The van der Waals surface area contributed by atoms with Gasteiger partial charge in [-0.25, -0.2) is 0 Å². The van der Waals surface area contributed by atoms with Crippen LogP contribution in [-0.4, -0.2) is 5.92 Å². The van der Waals surface area contributed by atoms with Crippen molar-refractivity contribution in [1.82, 2.24) is 0 Å². The van der Waals surface area contributed by atoms with Gasteiger partial charge in [-0.2, -0.15) is 8.78 Å². The highest BCUT2D eigenvalue weighted by Crippen LogP contribution is 2.53. The number of alkyl halides is 2. The zero-order chi connectivity index (χ0) is 8.48. The summed E-state index contributed by atoms with van der Waals surface area (Å²) >= 11 is 0. The highest BCUT2D eigenvalue weighted by atomic mass is 19.3. The normalized spacial score (nSPS) is 20.7. The molecule has 0 spiro atoms. The van der Waals surface area contributed by atoms with Crippen LogP contribution in [0.2, 0.25) is 0 Å². The minimum absolute atomic E-state index is 0.418. The van der Waals surface area contributed by atoms with Crippen LogP contribution < -0.4 is 0 Å². The first kappa shape index (κ1) is 8.69. The lowest BCUT2D eigenvalue weighted by Gasteiger charge is -1.95. The van der Waals surface area contributed by atoms with E-state index in [-0.39, 0.29) is 0 Å². The Kier molecular flexibility index (Phi) is 2.31. The van der Waals surface area contributed by atoms with Gasteiger partial charge in [-0.15, -0.1) is 0 Å². The van der Waals surface area contributed by atoms with Crippen LogP contribution in [0.15, 0.2) is 11.1 Å². The Balaban J connectivity index is 2.48. The molecule has 0 aromatic carbocycles. The maximum Gasteiger partial charge on any atom is 0.291 e. The van der Waals surface area contributed by atoms with Gasteiger partial charge in [-0.1, -0.05) is 26.7 Å². The third kappa shape index (κ3) is 1.44. The van der Waals surface area contributed by atoms with Crippen molar-refractivity contribution in [2.24, 2.45) is 0 Å². The molecule has 0 radical (unpaired) electrons. The second kappa shape index (κ2) is 2.92. The highest BCUT2D eigenvalue weighted by Gasteiger charge is 2.53. The van der Waals surface area contributed by atoms with E-state index in [1.165, 1.54) is 0 Å². The number of hydrogen-bond acceptors (Lipinski definition) is 0. The molecule has 0 heterocycles. The Bertz CT molecular complexity index is 162. The minimum atomic E-state index is -2.48. The van der Waals surface area contributed by atoms with E-state index in [9.17, 15) is 8.78 Å². The summed E-state index contributed by atoms with van der Waals surface area (Å²) < 4.78 is 25.5. The molecule has 0 amide bonds. The highest BCUT2D eigenvalue weighted by molar-refractivity contribution is 5.48. The first-order valence-electron chi connectivity index (χ1n) is 4.25. The van der Waals surface area contributed by atoms with Gasteiger partial charge in [-0.3, -0.25) is 0 Å². The summed E-state index contributed by atoms with van der Waals surface area (Å²) in [6.07, 6.45) is 2.83. The zero-order valence-electron chi connectivity index (χ0n) is 7.08. The average Bonchev–Trinajstić information content (AvgIpc) is 2.41. The van der Waals surface area contributed by atoms with Crippen LogP contribution in [0.25, 0.3) is 0 Å². The lowest BCUT2D eigenvalue weighted by molar-refractivity contribution is 0.129. The van der Waals surface area contributed by atoms with E-state index in [0.29, 0.717) is 24.0 Å². The summed E-state index contributed by atoms with van der Waals surface area (Å²) in [5, 5.41) is 0. The topological polar surface area (TPSA) is 0 Å². The van der Waals surface area contributed by atoms with E-state index in [1.54, 1.807) is 0 Å². The van der Waals surface area contributed by atoms with Crippen LogP contribution >= 0.6 is 0 Å². The second-order valence-electron chi connectivity index (χ2n) is 3.03. The molecule has 0 saturated carbocycles. The Morgan fingerprint density at radius 3 is 1.64 bits per heavy atom. The van der Waals surface area contributed by atoms with E-state index < -0.39 is 5.92 Å². The zero-order valence-corrected chi connectivity index (χ0v) is 7.08. The van der Waals surface area contributed by atoms with Gasteiger partial charge in [0.05, 0.1) is 0 Å². The van der Waals surface area contributed by atoms with Gasteiger partial charge < -0.3 is 0 Å². The smallest absolute Gasteiger partial charge is 0.197 e. The predicted molar refractivity (Wildman–Crippen MR) is 41.8 cm³/mol. The Labute approximate surface area is 66.3 Å². The van der Waals surface area contributed by atoms with E-state index in [0.717, 1.165) is 12.8 Å². The molecule has 1 aliphatic carbocycles. The van der Waals surface area contributed by atoms with Crippen molar-refractivity contribution >= 4 is 0 Å².